The lowest BCUT2D eigenvalue weighted by Gasteiger charge is -2.41. The van der Waals surface area contributed by atoms with Gasteiger partial charge in [0.15, 0.2) is 6.10 Å². The number of carbonyl (C=O) groups is 2. The fourth-order valence-corrected chi connectivity index (χ4v) is 6.80. The summed E-state index contributed by atoms with van der Waals surface area (Å²) in [5.41, 5.74) is 0. The number of rotatable bonds is 32. The highest BCUT2D eigenvalue weighted by Crippen LogP contribution is 2.47. The van der Waals surface area contributed by atoms with Gasteiger partial charge in [0.25, 0.3) is 0 Å². The zero-order chi connectivity index (χ0) is 41.4. The van der Waals surface area contributed by atoms with Gasteiger partial charge in [-0.2, -0.15) is 0 Å². The van der Waals surface area contributed by atoms with E-state index in [2.05, 4.69) is 50.3 Å². The molecule has 1 saturated carbocycles. The molecule has 0 aromatic carbocycles. The minimum absolute atomic E-state index is 0.136. The normalized spacial score (nSPS) is 23.5. The number of esters is 2. The summed E-state index contributed by atoms with van der Waals surface area (Å²) in [4.78, 5) is 35.5. The van der Waals surface area contributed by atoms with E-state index >= 15 is 0 Å². The summed E-state index contributed by atoms with van der Waals surface area (Å²) < 4.78 is 33.2. The zero-order valence-corrected chi connectivity index (χ0v) is 34.5. The maximum absolute atomic E-state index is 12.8. The van der Waals surface area contributed by atoms with E-state index in [0.717, 1.165) is 44.9 Å². The Morgan fingerprint density at radius 1 is 0.571 bits per heavy atom. The first-order chi connectivity index (χ1) is 26.9. The van der Waals surface area contributed by atoms with Crippen LogP contribution in [0.25, 0.3) is 0 Å². The van der Waals surface area contributed by atoms with E-state index in [-0.39, 0.29) is 12.8 Å². The Kier molecular flexibility index (Phi) is 29.9. The third-order valence-corrected chi connectivity index (χ3v) is 10.1. The molecule has 13 nitrogen and oxygen atoms in total. The summed E-state index contributed by atoms with van der Waals surface area (Å²) in [5.74, 6) is -1.25. The van der Waals surface area contributed by atoms with Crippen LogP contribution in [0.5, 0.6) is 0 Å². The van der Waals surface area contributed by atoms with Gasteiger partial charge < -0.3 is 39.9 Å². The van der Waals surface area contributed by atoms with Gasteiger partial charge in [-0.3, -0.25) is 18.6 Å². The van der Waals surface area contributed by atoms with E-state index in [1.807, 2.05) is 12.2 Å². The monoisotopic (exact) mass is 814 g/mol. The molecule has 0 heterocycles. The SMILES string of the molecule is CC/C=C\C/C=C\C/C=C\C/C=C\C/C=C\CC(=O)OC(COC(=O)CCCCCCCCCCCCCC)COP(=O)(O)OC1C(O)C(O)C(O)C(O)C1O. The molecule has 1 aliphatic carbocycles. The van der Waals surface area contributed by atoms with Gasteiger partial charge in [0.05, 0.1) is 13.0 Å². The van der Waals surface area contributed by atoms with Gasteiger partial charge in [0.2, 0.25) is 0 Å². The first-order valence-corrected chi connectivity index (χ1v) is 22.1. The zero-order valence-electron chi connectivity index (χ0n) is 33.7. The van der Waals surface area contributed by atoms with E-state index in [9.17, 15) is 44.6 Å². The lowest BCUT2D eigenvalue weighted by molar-refractivity contribution is -0.220. The molecule has 6 N–H and O–H groups in total. The number of aliphatic hydroxyl groups excluding tert-OH is 5. The van der Waals surface area contributed by atoms with Gasteiger partial charge >= 0.3 is 19.8 Å². The van der Waals surface area contributed by atoms with Crippen molar-refractivity contribution in [2.75, 3.05) is 13.2 Å². The predicted molar refractivity (Wildman–Crippen MR) is 216 cm³/mol. The minimum Gasteiger partial charge on any atom is -0.462 e. The number of ether oxygens (including phenoxy) is 2. The van der Waals surface area contributed by atoms with Gasteiger partial charge in [-0.15, -0.1) is 0 Å². The molecule has 14 heteroatoms. The molecule has 0 amide bonds. The van der Waals surface area contributed by atoms with Crippen molar-refractivity contribution in [2.24, 2.45) is 0 Å². The average molecular weight is 815 g/mol. The molecule has 0 aromatic heterocycles. The molecule has 1 aliphatic rings. The number of phosphoric acid groups is 1. The second kappa shape index (κ2) is 32.5. The Labute approximate surface area is 334 Å². The van der Waals surface area contributed by atoms with Crippen LogP contribution in [0.2, 0.25) is 0 Å². The maximum Gasteiger partial charge on any atom is 0.472 e. The fourth-order valence-electron chi connectivity index (χ4n) is 5.83. The number of allylic oxidation sites excluding steroid dienone is 9. The second-order valence-corrected chi connectivity index (χ2v) is 15.5. The van der Waals surface area contributed by atoms with Crippen molar-refractivity contribution < 1.29 is 63.1 Å². The van der Waals surface area contributed by atoms with E-state index in [0.29, 0.717) is 12.8 Å². The van der Waals surface area contributed by atoms with Gasteiger partial charge in [-0.05, 0) is 38.5 Å². The molecule has 0 aliphatic heterocycles. The number of phosphoric ester groups is 1. The Hall–Kier alpha value is -2.45. The smallest absolute Gasteiger partial charge is 0.462 e. The topological polar surface area (TPSA) is 210 Å². The lowest BCUT2D eigenvalue weighted by atomic mass is 9.85. The first-order valence-electron chi connectivity index (χ1n) is 20.6. The van der Waals surface area contributed by atoms with Crippen LogP contribution in [-0.4, -0.2) is 98.3 Å². The van der Waals surface area contributed by atoms with Gasteiger partial charge in [-0.25, -0.2) is 4.57 Å². The van der Waals surface area contributed by atoms with Crippen molar-refractivity contribution in [3.8, 4) is 0 Å². The van der Waals surface area contributed by atoms with Crippen molar-refractivity contribution in [3.63, 3.8) is 0 Å². The highest BCUT2D eigenvalue weighted by Gasteiger charge is 2.51. The van der Waals surface area contributed by atoms with E-state index in [1.54, 1.807) is 12.2 Å². The number of carbonyl (C=O) groups excluding carboxylic acids is 2. The molecular formula is C42H71O13P. The van der Waals surface area contributed by atoms with Crippen LogP contribution < -0.4 is 0 Å². The molecular weight excluding hydrogens is 743 g/mol. The summed E-state index contributed by atoms with van der Waals surface area (Å²) in [5, 5.41) is 50.0. The largest absolute Gasteiger partial charge is 0.472 e. The van der Waals surface area contributed by atoms with Gasteiger partial charge in [0, 0.05) is 6.42 Å². The van der Waals surface area contributed by atoms with Crippen LogP contribution in [0.1, 0.15) is 136 Å². The molecule has 0 saturated heterocycles. The quantitative estimate of drug-likeness (QED) is 0.0175. The van der Waals surface area contributed by atoms with Crippen LogP contribution >= 0.6 is 7.82 Å². The highest BCUT2D eigenvalue weighted by atomic mass is 31.2. The summed E-state index contributed by atoms with van der Waals surface area (Å²) in [7, 11) is -5.14. The second-order valence-electron chi connectivity index (χ2n) is 14.1. The summed E-state index contributed by atoms with van der Waals surface area (Å²) in [6.07, 6.45) is 24.6. The predicted octanol–water partition coefficient (Wildman–Crippen LogP) is 6.99. The molecule has 6 unspecified atom stereocenters. The third kappa shape index (κ3) is 25.0. The number of hydrogen-bond acceptors (Lipinski definition) is 12. The van der Waals surface area contributed by atoms with Crippen LogP contribution in [0.3, 0.4) is 0 Å². The molecule has 1 fully saturated rings. The lowest BCUT2D eigenvalue weighted by Crippen LogP contribution is -2.64. The third-order valence-electron chi connectivity index (χ3n) is 9.16. The van der Waals surface area contributed by atoms with Crippen molar-refractivity contribution >= 4 is 19.8 Å². The highest BCUT2D eigenvalue weighted by molar-refractivity contribution is 7.47. The number of unbranched alkanes of at least 4 members (excludes halogenated alkanes) is 11. The van der Waals surface area contributed by atoms with E-state index < -0.39 is 75.7 Å². The van der Waals surface area contributed by atoms with Gasteiger partial charge in [0.1, 0.15) is 43.2 Å². The molecule has 322 valence electrons. The van der Waals surface area contributed by atoms with Gasteiger partial charge in [-0.1, -0.05) is 145 Å². The summed E-state index contributed by atoms with van der Waals surface area (Å²) >= 11 is 0. The fraction of sp³-hybridized carbons (Fsp3) is 0.714. The van der Waals surface area contributed by atoms with Crippen LogP contribution in [0.4, 0.5) is 0 Å². The van der Waals surface area contributed by atoms with Crippen molar-refractivity contribution in [1.29, 1.82) is 0 Å². The Morgan fingerprint density at radius 3 is 1.48 bits per heavy atom. The molecule has 0 bridgehead atoms. The number of aliphatic hydroxyl groups is 5. The molecule has 0 aromatic rings. The van der Waals surface area contributed by atoms with Crippen LogP contribution in [0.15, 0.2) is 60.8 Å². The summed E-state index contributed by atoms with van der Waals surface area (Å²) in [6.45, 7) is 3.06. The van der Waals surface area contributed by atoms with Crippen molar-refractivity contribution in [3.05, 3.63) is 60.8 Å². The summed E-state index contributed by atoms with van der Waals surface area (Å²) in [6, 6.07) is 0. The molecule has 0 radical (unpaired) electrons. The van der Waals surface area contributed by atoms with Crippen molar-refractivity contribution in [1.82, 2.24) is 0 Å². The van der Waals surface area contributed by atoms with E-state index in [4.69, 9.17) is 18.5 Å². The standard InChI is InChI=1S/C42H71O13P/c1-3-5-7-9-11-13-15-17-18-19-21-23-25-27-29-31-36(44)54-34(32-52-35(43)30-28-26-24-22-20-16-14-12-10-8-6-4-2)33-53-56(50,51)55-42-40(48)38(46)37(45)39(47)41(42)49/h5,7,11,13,17-18,21,23,27,29,34,37-42,45-49H,3-4,6,8-10,12,14-16,19-20,22,24-26,28,30-33H2,1-2H3,(H,50,51)/b7-5-,13-11-,18-17-,23-21-,29-27-. The first kappa shape index (κ1) is 51.6. The van der Waals surface area contributed by atoms with Crippen LogP contribution in [0, 0.1) is 0 Å². The molecule has 0 spiro atoms. The average Bonchev–Trinajstić information content (AvgIpc) is 3.18. The minimum atomic E-state index is -5.14. The maximum atomic E-state index is 12.8. The van der Waals surface area contributed by atoms with Crippen LogP contribution in [-0.2, 0) is 32.7 Å². The van der Waals surface area contributed by atoms with Crippen molar-refractivity contribution in [2.45, 2.75) is 179 Å². The number of hydrogen-bond donors (Lipinski definition) is 6. The molecule has 1 rings (SSSR count). The molecule has 56 heavy (non-hydrogen) atoms. The Balaban J connectivity index is 2.59. The Morgan fingerprint density at radius 2 is 1.00 bits per heavy atom. The Bertz CT molecular complexity index is 1220. The van der Waals surface area contributed by atoms with E-state index in [1.165, 1.54) is 51.4 Å². The molecule has 6 atom stereocenters.